The van der Waals surface area contributed by atoms with Crippen molar-refractivity contribution in [3.05, 3.63) is 29.6 Å². The molecule has 94 valence electrons. The van der Waals surface area contributed by atoms with Crippen LogP contribution >= 0.6 is 0 Å². The molecule has 0 radical (unpaired) electrons. The van der Waals surface area contributed by atoms with Gasteiger partial charge >= 0.3 is 5.97 Å². The summed E-state index contributed by atoms with van der Waals surface area (Å²) in [6, 6.07) is 4.05. The fraction of sp³-hybridized carbons (Fsp3) is 0.417. The molecule has 1 aromatic carbocycles. The molecular formula is C12H16FNO3. The lowest BCUT2D eigenvalue weighted by Gasteiger charge is -2.27. The second-order valence-corrected chi connectivity index (χ2v) is 4.45. The largest absolute Gasteiger partial charge is 0.478 e. The SMILES string of the molecule is CC(C)(CCO)Nc1cccc(F)c1C(=O)O. The summed E-state index contributed by atoms with van der Waals surface area (Å²) in [5.41, 5.74) is -0.665. The van der Waals surface area contributed by atoms with E-state index >= 15 is 0 Å². The first-order valence-electron chi connectivity index (χ1n) is 5.28. The van der Waals surface area contributed by atoms with Crippen LogP contribution in [0.3, 0.4) is 0 Å². The maximum absolute atomic E-state index is 13.4. The number of carbonyl (C=O) groups is 1. The van der Waals surface area contributed by atoms with Gasteiger partial charge in [0.15, 0.2) is 0 Å². The molecule has 0 amide bonds. The summed E-state index contributed by atoms with van der Waals surface area (Å²) in [6.45, 7) is 3.58. The van der Waals surface area contributed by atoms with Crippen molar-refractivity contribution >= 4 is 11.7 Å². The molecule has 0 heterocycles. The zero-order valence-corrected chi connectivity index (χ0v) is 9.83. The zero-order chi connectivity index (χ0) is 13.1. The van der Waals surface area contributed by atoms with Crippen LogP contribution in [0.25, 0.3) is 0 Å². The average Bonchev–Trinajstić information content (AvgIpc) is 2.15. The molecule has 1 aromatic rings. The number of benzene rings is 1. The minimum atomic E-state index is -1.31. The Bertz CT molecular complexity index is 418. The Balaban J connectivity index is 3.06. The smallest absolute Gasteiger partial charge is 0.340 e. The van der Waals surface area contributed by atoms with Gasteiger partial charge in [-0.25, -0.2) is 9.18 Å². The van der Waals surface area contributed by atoms with Crippen molar-refractivity contribution < 1.29 is 19.4 Å². The summed E-state index contributed by atoms with van der Waals surface area (Å²) in [5, 5.41) is 20.8. The van der Waals surface area contributed by atoms with Crippen LogP contribution < -0.4 is 5.32 Å². The fourth-order valence-corrected chi connectivity index (χ4v) is 1.55. The van der Waals surface area contributed by atoms with E-state index in [-0.39, 0.29) is 17.9 Å². The molecule has 0 saturated carbocycles. The van der Waals surface area contributed by atoms with Crippen molar-refractivity contribution in [3.63, 3.8) is 0 Å². The average molecular weight is 241 g/mol. The molecule has 1 rings (SSSR count). The molecule has 3 N–H and O–H groups in total. The highest BCUT2D eigenvalue weighted by molar-refractivity contribution is 5.94. The van der Waals surface area contributed by atoms with E-state index in [4.69, 9.17) is 10.2 Å². The molecule has 0 aliphatic rings. The van der Waals surface area contributed by atoms with Gasteiger partial charge in [0.2, 0.25) is 0 Å². The van der Waals surface area contributed by atoms with Crippen molar-refractivity contribution in [2.45, 2.75) is 25.8 Å². The van der Waals surface area contributed by atoms with Crippen LogP contribution in [0.2, 0.25) is 0 Å². The Labute approximate surface area is 99.1 Å². The second-order valence-electron chi connectivity index (χ2n) is 4.45. The lowest BCUT2D eigenvalue weighted by atomic mass is 9.99. The number of halogens is 1. The van der Waals surface area contributed by atoms with Gasteiger partial charge in [0, 0.05) is 12.1 Å². The van der Waals surface area contributed by atoms with Crippen LogP contribution in [0.15, 0.2) is 18.2 Å². The van der Waals surface area contributed by atoms with Gasteiger partial charge in [-0.3, -0.25) is 0 Å². The Kier molecular flexibility index (Phi) is 4.07. The molecule has 17 heavy (non-hydrogen) atoms. The lowest BCUT2D eigenvalue weighted by molar-refractivity contribution is 0.0693. The molecule has 5 heteroatoms. The Morgan fingerprint density at radius 1 is 1.47 bits per heavy atom. The lowest BCUT2D eigenvalue weighted by Crippen LogP contribution is -2.32. The van der Waals surface area contributed by atoms with Crippen LogP contribution in [0.1, 0.15) is 30.6 Å². The number of carboxylic acids is 1. The normalized spacial score (nSPS) is 11.3. The molecule has 0 saturated heterocycles. The fourth-order valence-electron chi connectivity index (χ4n) is 1.55. The zero-order valence-electron chi connectivity index (χ0n) is 9.83. The van der Waals surface area contributed by atoms with Crippen LogP contribution in [0, 0.1) is 5.82 Å². The van der Waals surface area contributed by atoms with E-state index in [9.17, 15) is 9.18 Å². The standard InChI is InChI=1S/C12H16FNO3/c1-12(2,6-7-15)14-9-5-3-4-8(13)10(9)11(16)17/h3-5,14-15H,6-7H2,1-2H3,(H,16,17). The minimum Gasteiger partial charge on any atom is -0.478 e. The van der Waals surface area contributed by atoms with Gasteiger partial charge in [0.05, 0.1) is 5.69 Å². The number of anilines is 1. The van der Waals surface area contributed by atoms with Gasteiger partial charge in [-0.15, -0.1) is 0 Å². The predicted molar refractivity (Wildman–Crippen MR) is 62.8 cm³/mol. The van der Waals surface area contributed by atoms with Crippen LogP contribution in [0.5, 0.6) is 0 Å². The highest BCUT2D eigenvalue weighted by Crippen LogP contribution is 2.24. The van der Waals surface area contributed by atoms with Crippen molar-refractivity contribution in [1.82, 2.24) is 0 Å². The number of nitrogens with one attached hydrogen (secondary N) is 1. The van der Waals surface area contributed by atoms with Gasteiger partial charge in [0.1, 0.15) is 11.4 Å². The number of hydrogen-bond acceptors (Lipinski definition) is 3. The first-order valence-corrected chi connectivity index (χ1v) is 5.28. The van der Waals surface area contributed by atoms with E-state index in [0.29, 0.717) is 6.42 Å². The van der Waals surface area contributed by atoms with Gasteiger partial charge in [-0.1, -0.05) is 6.07 Å². The van der Waals surface area contributed by atoms with Crippen LogP contribution in [0.4, 0.5) is 10.1 Å². The quantitative estimate of drug-likeness (QED) is 0.738. The second kappa shape index (κ2) is 5.14. The molecule has 0 fully saturated rings. The van der Waals surface area contributed by atoms with Crippen LogP contribution in [-0.2, 0) is 0 Å². The molecule has 0 spiro atoms. The first kappa shape index (κ1) is 13.4. The summed E-state index contributed by atoms with van der Waals surface area (Å²) < 4.78 is 13.4. The van der Waals surface area contributed by atoms with E-state index in [1.54, 1.807) is 13.8 Å². The Morgan fingerprint density at radius 3 is 2.65 bits per heavy atom. The molecular weight excluding hydrogens is 225 g/mol. The molecule has 0 unspecified atom stereocenters. The molecule has 0 aliphatic carbocycles. The van der Waals surface area contributed by atoms with E-state index in [2.05, 4.69) is 5.32 Å². The third-order valence-electron chi connectivity index (χ3n) is 2.44. The summed E-state index contributed by atoms with van der Waals surface area (Å²) >= 11 is 0. The van der Waals surface area contributed by atoms with E-state index in [0.717, 1.165) is 6.07 Å². The van der Waals surface area contributed by atoms with Crippen molar-refractivity contribution in [1.29, 1.82) is 0 Å². The van der Waals surface area contributed by atoms with E-state index < -0.39 is 17.3 Å². The summed E-state index contributed by atoms with van der Waals surface area (Å²) in [4.78, 5) is 11.0. The maximum atomic E-state index is 13.4. The van der Waals surface area contributed by atoms with E-state index in [1.807, 2.05) is 0 Å². The number of aromatic carboxylic acids is 1. The number of aliphatic hydroxyl groups excluding tert-OH is 1. The van der Waals surface area contributed by atoms with Crippen molar-refractivity contribution in [3.8, 4) is 0 Å². The highest BCUT2D eigenvalue weighted by Gasteiger charge is 2.22. The Hall–Kier alpha value is -1.62. The number of hydrogen-bond donors (Lipinski definition) is 3. The number of carboxylic acid groups (broad SMARTS) is 1. The molecule has 0 aromatic heterocycles. The van der Waals surface area contributed by atoms with Gasteiger partial charge in [-0.05, 0) is 32.4 Å². The Morgan fingerprint density at radius 2 is 2.12 bits per heavy atom. The molecule has 0 bridgehead atoms. The topological polar surface area (TPSA) is 69.6 Å². The number of aliphatic hydroxyl groups is 1. The summed E-state index contributed by atoms with van der Waals surface area (Å²) in [7, 11) is 0. The third-order valence-corrected chi connectivity index (χ3v) is 2.44. The number of rotatable bonds is 5. The molecule has 0 aliphatic heterocycles. The van der Waals surface area contributed by atoms with Crippen molar-refractivity contribution in [2.75, 3.05) is 11.9 Å². The van der Waals surface area contributed by atoms with Gasteiger partial charge in [0.25, 0.3) is 0 Å². The van der Waals surface area contributed by atoms with E-state index in [1.165, 1.54) is 12.1 Å². The maximum Gasteiger partial charge on any atom is 0.340 e. The molecule has 0 atom stereocenters. The highest BCUT2D eigenvalue weighted by atomic mass is 19.1. The first-order chi connectivity index (χ1) is 7.87. The third kappa shape index (κ3) is 3.42. The molecule has 4 nitrogen and oxygen atoms in total. The van der Waals surface area contributed by atoms with Gasteiger partial charge in [-0.2, -0.15) is 0 Å². The monoisotopic (exact) mass is 241 g/mol. The summed E-state index contributed by atoms with van der Waals surface area (Å²) in [5.74, 6) is -2.09. The van der Waals surface area contributed by atoms with Crippen LogP contribution in [-0.4, -0.2) is 28.3 Å². The van der Waals surface area contributed by atoms with Gasteiger partial charge < -0.3 is 15.5 Å². The summed E-state index contributed by atoms with van der Waals surface area (Å²) in [6.07, 6.45) is 0.433. The predicted octanol–water partition coefficient (Wildman–Crippen LogP) is 2.10. The minimum absolute atomic E-state index is 0.0300. The van der Waals surface area contributed by atoms with Crippen molar-refractivity contribution in [2.24, 2.45) is 0 Å².